The van der Waals surface area contributed by atoms with Crippen LogP contribution in [-0.2, 0) is 13.1 Å². The summed E-state index contributed by atoms with van der Waals surface area (Å²) >= 11 is 0. The number of anilines is 1. The van der Waals surface area contributed by atoms with Crippen molar-refractivity contribution in [3.8, 4) is 5.69 Å². The minimum Gasteiger partial charge on any atom is -0.354 e. The molecular weight excluding hydrogens is 437 g/mol. The predicted molar refractivity (Wildman–Crippen MR) is 143 cm³/mol. The summed E-state index contributed by atoms with van der Waals surface area (Å²) in [6.07, 6.45) is 0. The van der Waals surface area contributed by atoms with Crippen molar-refractivity contribution < 1.29 is 4.39 Å². The highest BCUT2D eigenvalue weighted by molar-refractivity contribution is 5.56. The SMILES string of the molecule is CCN1CCN(c2c(CN(Cc3ccc(C)cc3)CC(C)C)c(C)nn2-c2ccc(F)cc2)CC1. The van der Waals surface area contributed by atoms with Gasteiger partial charge < -0.3 is 9.80 Å². The fourth-order valence-electron chi connectivity index (χ4n) is 4.97. The largest absolute Gasteiger partial charge is 0.354 e. The lowest BCUT2D eigenvalue weighted by atomic mass is 10.1. The van der Waals surface area contributed by atoms with Crippen LogP contribution in [0.15, 0.2) is 48.5 Å². The maximum atomic E-state index is 13.7. The summed E-state index contributed by atoms with van der Waals surface area (Å²) < 4.78 is 15.7. The molecule has 0 radical (unpaired) electrons. The highest BCUT2D eigenvalue weighted by Gasteiger charge is 2.26. The van der Waals surface area contributed by atoms with E-state index in [2.05, 4.69) is 73.6 Å². The normalized spacial score (nSPS) is 14.9. The zero-order chi connectivity index (χ0) is 24.9. The van der Waals surface area contributed by atoms with Crippen LogP contribution in [0.1, 0.15) is 43.2 Å². The third-order valence-electron chi connectivity index (χ3n) is 6.88. The lowest BCUT2D eigenvalue weighted by molar-refractivity contribution is 0.227. The van der Waals surface area contributed by atoms with E-state index in [1.165, 1.54) is 28.8 Å². The van der Waals surface area contributed by atoms with E-state index in [4.69, 9.17) is 5.10 Å². The molecule has 0 aliphatic carbocycles. The van der Waals surface area contributed by atoms with Gasteiger partial charge in [0.1, 0.15) is 11.6 Å². The Bertz CT molecular complexity index is 1080. The van der Waals surface area contributed by atoms with E-state index >= 15 is 0 Å². The second-order valence-corrected chi connectivity index (χ2v) is 10.2. The lowest BCUT2D eigenvalue weighted by Crippen LogP contribution is -2.47. The standard InChI is InChI=1S/C29H40FN5/c1-6-32-15-17-34(18-16-32)29-28(24(5)31-35(29)27-13-11-26(30)12-14-27)21-33(19-22(2)3)20-25-9-7-23(4)8-10-25/h7-14,22H,6,15-21H2,1-5H3. The Balaban J connectivity index is 1.69. The molecule has 0 unspecified atom stereocenters. The van der Waals surface area contributed by atoms with Gasteiger partial charge in [-0.3, -0.25) is 4.90 Å². The number of piperazine rings is 1. The highest BCUT2D eigenvalue weighted by atomic mass is 19.1. The number of aromatic nitrogens is 2. The summed E-state index contributed by atoms with van der Waals surface area (Å²) in [5.74, 6) is 1.49. The van der Waals surface area contributed by atoms with Crippen molar-refractivity contribution in [1.82, 2.24) is 19.6 Å². The molecule has 3 aromatic rings. The van der Waals surface area contributed by atoms with Crippen LogP contribution >= 0.6 is 0 Å². The number of hydrogen-bond donors (Lipinski definition) is 0. The molecule has 4 rings (SSSR count). The van der Waals surface area contributed by atoms with Crippen molar-refractivity contribution in [2.45, 2.75) is 47.7 Å². The number of aryl methyl sites for hydroxylation is 2. The van der Waals surface area contributed by atoms with Gasteiger partial charge in [-0.1, -0.05) is 50.6 Å². The van der Waals surface area contributed by atoms with Gasteiger partial charge in [-0.05, 0) is 56.1 Å². The van der Waals surface area contributed by atoms with Crippen LogP contribution in [0.2, 0.25) is 0 Å². The van der Waals surface area contributed by atoms with Crippen molar-refractivity contribution in [2.75, 3.05) is 44.2 Å². The zero-order valence-corrected chi connectivity index (χ0v) is 22.0. The molecule has 2 aromatic carbocycles. The molecule has 0 spiro atoms. The van der Waals surface area contributed by atoms with Crippen LogP contribution in [0, 0.1) is 25.6 Å². The summed E-state index contributed by atoms with van der Waals surface area (Å²) in [4.78, 5) is 7.51. The summed E-state index contributed by atoms with van der Waals surface area (Å²) in [6, 6.07) is 15.6. The van der Waals surface area contributed by atoms with E-state index in [0.717, 1.165) is 69.6 Å². The number of likely N-dealkylation sites (N-methyl/N-ethyl adjacent to an activating group) is 1. The molecule has 6 heteroatoms. The Morgan fingerprint density at radius 2 is 1.57 bits per heavy atom. The topological polar surface area (TPSA) is 27.5 Å². The molecule has 0 bridgehead atoms. The summed E-state index contributed by atoms with van der Waals surface area (Å²) in [7, 11) is 0. The molecule has 5 nitrogen and oxygen atoms in total. The van der Waals surface area contributed by atoms with E-state index in [0.29, 0.717) is 5.92 Å². The minimum atomic E-state index is -0.225. The molecule has 0 N–H and O–H groups in total. The Morgan fingerprint density at radius 1 is 0.914 bits per heavy atom. The van der Waals surface area contributed by atoms with Gasteiger partial charge in [0.2, 0.25) is 0 Å². The molecule has 1 saturated heterocycles. The van der Waals surface area contributed by atoms with E-state index in [9.17, 15) is 4.39 Å². The first-order valence-corrected chi connectivity index (χ1v) is 12.9. The van der Waals surface area contributed by atoms with E-state index in [1.807, 2.05) is 16.8 Å². The predicted octanol–water partition coefficient (Wildman–Crippen LogP) is 5.43. The van der Waals surface area contributed by atoms with Crippen molar-refractivity contribution in [3.63, 3.8) is 0 Å². The Kier molecular flexibility index (Phi) is 8.24. The second kappa shape index (κ2) is 11.4. The summed E-state index contributed by atoms with van der Waals surface area (Å²) in [5.41, 5.74) is 5.83. The Morgan fingerprint density at radius 3 is 2.17 bits per heavy atom. The average molecular weight is 478 g/mol. The average Bonchev–Trinajstić information content (AvgIpc) is 3.16. The first-order chi connectivity index (χ1) is 16.8. The van der Waals surface area contributed by atoms with Gasteiger partial charge in [0.25, 0.3) is 0 Å². The first-order valence-electron chi connectivity index (χ1n) is 12.9. The molecule has 0 amide bonds. The quantitative estimate of drug-likeness (QED) is 0.411. The van der Waals surface area contributed by atoms with Crippen molar-refractivity contribution in [2.24, 2.45) is 5.92 Å². The van der Waals surface area contributed by atoms with E-state index < -0.39 is 0 Å². The fourth-order valence-corrected chi connectivity index (χ4v) is 4.97. The molecule has 35 heavy (non-hydrogen) atoms. The maximum Gasteiger partial charge on any atom is 0.137 e. The molecule has 1 aliphatic rings. The molecule has 2 heterocycles. The van der Waals surface area contributed by atoms with Crippen LogP contribution in [-0.4, -0.2) is 58.8 Å². The Labute approximate surface area is 210 Å². The number of hydrogen-bond acceptors (Lipinski definition) is 4. The second-order valence-electron chi connectivity index (χ2n) is 10.2. The van der Waals surface area contributed by atoms with Gasteiger partial charge in [-0.2, -0.15) is 5.10 Å². The number of benzene rings is 2. The first kappa shape index (κ1) is 25.4. The van der Waals surface area contributed by atoms with Crippen LogP contribution in [0.5, 0.6) is 0 Å². The van der Waals surface area contributed by atoms with Crippen molar-refractivity contribution >= 4 is 5.82 Å². The molecule has 0 saturated carbocycles. The maximum absolute atomic E-state index is 13.7. The molecule has 1 fully saturated rings. The van der Waals surface area contributed by atoms with Gasteiger partial charge in [-0.25, -0.2) is 9.07 Å². The molecule has 0 atom stereocenters. The van der Waals surface area contributed by atoms with Crippen LogP contribution < -0.4 is 4.90 Å². The number of halogens is 1. The third-order valence-corrected chi connectivity index (χ3v) is 6.88. The summed E-state index contributed by atoms with van der Waals surface area (Å²) in [6.45, 7) is 18.9. The van der Waals surface area contributed by atoms with Gasteiger partial charge in [-0.15, -0.1) is 0 Å². The summed E-state index contributed by atoms with van der Waals surface area (Å²) in [5, 5.41) is 4.99. The number of nitrogens with zero attached hydrogens (tertiary/aromatic N) is 5. The van der Waals surface area contributed by atoms with Crippen LogP contribution in [0.25, 0.3) is 5.69 Å². The minimum absolute atomic E-state index is 0.225. The number of rotatable bonds is 9. The van der Waals surface area contributed by atoms with Gasteiger partial charge in [0.15, 0.2) is 0 Å². The highest BCUT2D eigenvalue weighted by Crippen LogP contribution is 2.30. The fraction of sp³-hybridized carbons (Fsp3) is 0.483. The molecule has 1 aromatic heterocycles. The molecular formula is C29H40FN5. The smallest absolute Gasteiger partial charge is 0.137 e. The molecule has 1 aliphatic heterocycles. The third kappa shape index (κ3) is 6.30. The van der Waals surface area contributed by atoms with Gasteiger partial charge in [0, 0.05) is 51.4 Å². The Hall–Kier alpha value is -2.70. The van der Waals surface area contributed by atoms with Gasteiger partial charge in [0.05, 0.1) is 11.4 Å². The monoisotopic (exact) mass is 477 g/mol. The van der Waals surface area contributed by atoms with Crippen molar-refractivity contribution in [3.05, 3.63) is 76.7 Å². The van der Waals surface area contributed by atoms with Crippen molar-refractivity contribution in [1.29, 1.82) is 0 Å². The van der Waals surface area contributed by atoms with Gasteiger partial charge >= 0.3 is 0 Å². The van der Waals surface area contributed by atoms with E-state index in [1.54, 1.807) is 0 Å². The lowest BCUT2D eigenvalue weighted by Gasteiger charge is -2.36. The molecule has 188 valence electrons. The van der Waals surface area contributed by atoms with Crippen LogP contribution in [0.3, 0.4) is 0 Å². The van der Waals surface area contributed by atoms with E-state index in [-0.39, 0.29) is 5.82 Å². The van der Waals surface area contributed by atoms with Crippen LogP contribution in [0.4, 0.5) is 10.2 Å². The zero-order valence-electron chi connectivity index (χ0n) is 22.0.